The van der Waals surface area contributed by atoms with Gasteiger partial charge >= 0.3 is 0 Å². The van der Waals surface area contributed by atoms with E-state index in [0.717, 1.165) is 11.3 Å². The molecule has 0 aliphatic heterocycles. The molecule has 0 bridgehead atoms. The van der Waals surface area contributed by atoms with E-state index >= 15 is 0 Å². The van der Waals surface area contributed by atoms with Crippen LogP contribution in [0.15, 0.2) is 17.3 Å². The summed E-state index contributed by atoms with van der Waals surface area (Å²) in [5, 5.41) is 12.5. The summed E-state index contributed by atoms with van der Waals surface area (Å²) >= 11 is 1.58. The highest BCUT2D eigenvalue weighted by Gasteiger charge is 2.21. The summed E-state index contributed by atoms with van der Waals surface area (Å²) in [6, 6.07) is 3.93. The standard InChI is InChI=1S/C10H14N4O2S2/c1-3-7-5-6-8(17-7)9-12-13-10(14(9)4-2)18(11,15)16/h5-6H,3-4H2,1-2H3,(H2,11,15,16). The maximum Gasteiger partial charge on any atom is 0.273 e. The van der Waals surface area contributed by atoms with Gasteiger partial charge in [0, 0.05) is 11.4 Å². The van der Waals surface area contributed by atoms with Gasteiger partial charge in [-0.25, -0.2) is 13.6 Å². The molecule has 0 unspecified atom stereocenters. The Morgan fingerprint density at radius 1 is 1.33 bits per heavy atom. The third kappa shape index (κ3) is 2.31. The van der Waals surface area contributed by atoms with Gasteiger partial charge in [0.05, 0.1) is 4.88 Å². The molecule has 98 valence electrons. The number of sulfonamides is 1. The van der Waals surface area contributed by atoms with E-state index in [4.69, 9.17) is 5.14 Å². The third-order valence-corrected chi connectivity index (χ3v) is 4.55. The molecular formula is C10H14N4O2S2. The van der Waals surface area contributed by atoms with E-state index in [1.807, 2.05) is 19.1 Å². The van der Waals surface area contributed by atoms with Crippen molar-refractivity contribution in [1.29, 1.82) is 0 Å². The van der Waals surface area contributed by atoms with Crippen LogP contribution in [0.25, 0.3) is 10.7 Å². The second kappa shape index (κ2) is 4.79. The van der Waals surface area contributed by atoms with Crippen molar-refractivity contribution in [3.63, 3.8) is 0 Å². The van der Waals surface area contributed by atoms with Crippen molar-refractivity contribution in [1.82, 2.24) is 14.8 Å². The number of hydrogen-bond donors (Lipinski definition) is 1. The van der Waals surface area contributed by atoms with Crippen LogP contribution in [0.2, 0.25) is 0 Å². The van der Waals surface area contributed by atoms with Crippen LogP contribution in [0, 0.1) is 0 Å². The van der Waals surface area contributed by atoms with Gasteiger partial charge in [-0.05, 0) is 25.5 Å². The zero-order chi connectivity index (χ0) is 13.3. The molecule has 2 rings (SSSR count). The summed E-state index contributed by atoms with van der Waals surface area (Å²) in [7, 11) is -3.84. The normalized spacial score (nSPS) is 11.9. The van der Waals surface area contributed by atoms with Crippen molar-refractivity contribution in [3.05, 3.63) is 17.0 Å². The highest BCUT2D eigenvalue weighted by atomic mass is 32.2. The van der Waals surface area contributed by atoms with Gasteiger partial charge in [0.15, 0.2) is 5.82 Å². The molecular weight excluding hydrogens is 272 g/mol. The number of hydrogen-bond acceptors (Lipinski definition) is 5. The predicted molar refractivity (Wildman–Crippen MR) is 69.8 cm³/mol. The Morgan fingerprint density at radius 3 is 2.56 bits per heavy atom. The second-order valence-electron chi connectivity index (χ2n) is 3.71. The fraction of sp³-hybridized carbons (Fsp3) is 0.400. The third-order valence-electron chi connectivity index (χ3n) is 2.52. The van der Waals surface area contributed by atoms with Gasteiger partial charge in [0.25, 0.3) is 15.2 Å². The smallest absolute Gasteiger partial charge is 0.273 e. The number of nitrogens with zero attached hydrogens (tertiary/aromatic N) is 3. The molecule has 0 atom stereocenters. The maximum absolute atomic E-state index is 11.4. The number of primary sulfonamides is 1. The van der Waals surface area contributed by atoms with Crippen LogP contribution in [0.4, 0.5) is 0 Å². The molecule has 0 aliphatic rings. The summed E-state index contributed by atoms with van der Waals surface area (Å²) < 4.78 is 24.3. The van der Waals surface area contributed by atoms with Crippen LogP contribution < -0.4 is 5.14 Å². The lowest BCUT2D eigenvalue weighted by molar-refractivity contribution is 0.571. The summed E-state index contributed by atoms with van der Waals surface area (Å²) in [5.41, 5.74) is 0. The first kappa shape index (κ1) is 13.2. The van der Waals surface area contributed by atoms with Gasteiger partial charge in [0.2, 0.25) is 0 Å². The molecule has 0 aliphatic carbocycles. The molecule has 0 fully saturated rings. The van der Waals surface area contributed by atoms with Crippen LogP contribution in [0.5, 0.6) is 0 Å². The lowest BCUT2D eigenvalue weighted by Gasteiger charge is -2.03. The highest BCUT2D eigenvalue weighted by molar-refractivity contribution is 7.89. The van der Waals surface area contributed by atoms with E-state index in [-0.39, 0.29) is 5.16 Å². The lowest BCUT2D eigenvalue weighted by atomic mass is 10.3. The topological polar surface area (TPSA) is 90.9 Å². The molecule has 0 radical (unpaired) electrons. The minimum Gasteiger partial charge on any atom is -0.296 e. The van der Waals surface area contributed by atoms with Crippen molar-refractivity contribution in [2.24, 2.45) is 5.14 Å². The summed E-state index contributed by atoms with van der Waals surface area (Å²) in [5.74, 6) is 0.547. The average Bonchev–Trinajstić information content (AvgIpc) is 2.93. The highest BCUT2D eigenvalue weighted by Crippen LogP contribution is 2.28. The molecule has 8 heteroatoms. The molecule has 0 spiro atoms. The number of aryl methyl sites for hydroxylation is 1. The summed E-state index contributed by atoms with van der Waals surface area (Å²) in [6.45, 7) is 4.35. The molecule has 0 amide bonds. The first-order valence-corrected chi connectivity index (χ1v) is 7.88. The molecule has 0 aromatic carbocycles. The first-order valence-electron chi connectivity index (χ1n) is 5.52. The zero-order valence-corrected chi connectivity index (χ0v) is 11.8. The minimum atomic E-state index is -3.84. The van der Waals surface area contributed by atoms with Crippen LogP contribution in [0.1, 0.15) is 18.7 Å². The Balaban J connectivity index is 2.56. The Morgan fingerprint density at radius 2 is 2.06 bits per heavy atom. The summed E-state index contributed by atoms with van der Waals surface area (Å²) in [4.78, 5) is 2.11. The molecule has 0 saturated heterocycles. The molecule has 18 heavy (non-hydrogen) atoms. The zero-order valence-electron chi connectivity index (χ0n) is 10.1. The fourth-order valence-electron chi connectivity index (χ4n) is 1.65. The van der Waals surface area contributed by atoms with Gasteiger partial charge in [-0.1, -0.05) is 6.92 Å². The van der Waals surface area contributed by atoms with Crippen molar-refractivity contribution in [2.45, 2.75) is 32.0 Å². The second-order valence-corrected chi connectivity index (χ2v) is 6.34. The predicted octanol–water partition coefficient (Wildman–Crippen LogP) is 1.24. The molecule has 6 nitrogen and oxygen atoms in total. The van der Waals surface area contributed by atoms with E-state index in [1.54, 1.807) is 11.3 Å². The molecule has 2 aromatic heterocycles. The van der Waals surface area contributed by atoms with Crippen LogP contribution in [-0.4, -0.2) is 23.2 Å². The van der Waals surface area contributed by atoms with Gasteiger partial charge in [0.1, 0.15) is 0 Å². The molecule has 0 saturated carbocycles. The quantitative estimate of drug-likeness (QED) is 0.915. The van der Waals surface area contributed by atoms with Crippen molar-refractivity contribution in [3.8, 4) is 10.7 Å². The average molecular weight is 286 g/mol. The number of thiophene rings is 1. The largest absolute Gasteiger partial charge is 0.296 e. The molecule has 2 N–H and O–H groups in total. The van der Waals surface area contributed by atoms with E-state index in [2.05, 4.69) is 17.1 Å². The number of aromatic nitrogens is 3. The van der Waals surface area contributed by atoms with Gasteiger partial charge in [-0.2, -0.15) is 0 Å². The molecule has 2 aromatic rings. The first-order chi connectivity index (χ1) is 8.47. The van der Waals surface area contributed by atoms with E-state index in [1.165, 1.54) is 9.44 Å². The lowest BCUT2D eigenvalue weighted by Crippen LogP contribution is -2.18. The van der Waals surface area contributed by atoms with Gasteiger partial charge in [-0.3, -0.25) is 4.57 Å². The van der Waals surface area contributed by atoms with Gasteiger partial charge < -0.3 is 0 Å². The van der Waals surface area contributed by atoms with E-state index in [0.29, 0.717) is 12.4 Å². The van der Waals surface area contributed by atoms with Crippen molar-refractivity contribution in [2.75, 3.05) is 0 Å². The maximum atomic E-state index is 11.4. The minimum absolute atomic E-state index is 0.188. The SMILES string of the molecule is CCc1ccc(-c2nnc(S(N)(=O)=O)n2CC)s1. The summed E-state index contributed by atoms with van der Waals surface area (Å²) in [6.07, 6.45) is 0.937. The van der Waals surface area contributed by atoms with E-state index < -0.39 is 10.0 Å². The molecule has 2 heterocycles. The van der Waals surface area contributed by atoms with Gasteiger partial charge in [-0.15, -0.1) is 21.5 Å². The Labute approximate surface area is 110 Å². The van der Waals surface area contributed by atoms with Crippen LogP contribution >= 0.6 is 11.3 Å². The number of rotatable bonds is 4. The van der Waals surface area contributed by atoms with Crippen LogP contribution in [0.3, 0.4) is 0 Å². The van der Waals surface area contributed by atoms with Crippen molar-refractivity contribution >= 4 is 21.4 Å². The van der Waals surface area contributed by atoms with E-state index in [9.17, 15) is 8.42 Å². The monoisotopic (exact) mass is 286 g/mol. The van der Waals surface area contributed by atoms with Crippen LogP contribution in [-0.2, 0) is 23.0 Å². The Kier molecular flexibility index (Phi) is 3.51. The fourth-order valence-corrected chi connectivity index (χ4v) is 3.27. The van der Waals surface area contributed by atoms with Crippen molar-refractivity contribution < 1.29 is 8.42 Å². The Bertz CT molecular complexity index is 657. The number of nitrogens with two attached hydrogens (primary N) is 1. The Hall–Kier alpha value is -1.25.